The highest BCUT2D eigenvalue weighted by atomic mass is 17.6. The van der Waals surface area contributed by atoms with Crippen LogP contribution in [0.4, 0.5) is 4.79 Å². The summed E-state index contributed by atoms with van der Waals surface area (Å²) in [6, 6.07) is 0. The van der Waals surface area contributed by atoms with Crippen molar-refractivity contribution in [2.75, 3.05) is 0 Å². The van der Waals surface area contributed by atoms with Gasteiger partial charge in [-0.15, -0.1) is 0 Å². The fourth-order valence-corrected chi connectivity index (χ4v) is 3.98. The summed E-state index contributed by atoms with van der Waals surface area (Å²) in [7, 11) is 0. The summed E-state index contributed by atoms with van der Waals surface area (Å²) in [4.78, 5) is 31.8. The van der Waals surface area contributed by atoms with Gasteiger partial charge in [0.05, 0.1) is 12.2 Å². The van der Waals surface area contributed by atoms with Crippen molar-refractivity contribution in [3.8, 4) is 0 Å². The summed E-state index contributed by atoms with van der Waals surface area (Å²) in [6.45, 7) is 12.9. The second kappa shape index (κ2) is 21.9. The molecular formula is C25H50O7. The van der Waals surface area contributed by atoms with Gasteiger partial charge >= 0.3 is 6.16 Å². The van der Waals surface area contributed by atoms with Gasteiger partial charge in [-0.25, -0.2) is 9.78 Å². The van der Waals surface area contributed by atoms with Crippen molar-refractivity contribution in [3.05, 3.63) is 0 Å². The van der Waals surface area contributed by atoms with Crippen LogP contribution in [0.15, 0.2) is 0 Å². The summed E-state index contributed by atoms with van der Waals surface area (Å²) in [6.07, 6.45) is 13.1. The van der Waals surface area contributed by atoms with E-state index in [0.29, 0.717) is 11.8 Å². The zero-order valence-electron chi connectivity index (χ0n) is 21.6. The first-order chi connectivity index (χ1) is 15.6. The Bertz CT molecular complexity index is 383. The second-order valence-corrected chi connectivity index (χ2v) is 8.73. The first-order valence-electron chi connectivity index (χ1n) is 13.1. The normalized spacial score (nSPS) is 15.2. The Morgan fingerprint density at radius 1 is 0.562 bits per heavy atom. The maximum absolute atomic E-state index is 11.8. The highest BCUT2D eigenvalue weighted by molar-refractivity contribution is 5.57. The summed E-state index contributed by atoms with van der Waals surface area (Å²) < 4.78 is 0. The molecule has 0 rings (SSSR count). The lowest BCUT2D eigenvalue weighted by molar-refractivity contribution is -0.544. The largest absolute Gasteiger partial charge is 0.577 e. The molecule has 0 N–H and O–H groups in total. The maximum atomic E-state index is 11.8. The number of hydrogen-bond acceptors (Lipinski definition) is 7. The summed E-state index contributed by atoms with van der Waals surface area (Å²) in [5.41, 5.74) is 0. The van der Waals surface area contributed by atoms with Crippen molar-refractivity contribution in [3.63, 3.8) is 0 Å². The van der Waals surface area contributed by atoms with Gasteiger partial charge in [0.15, 0.2) is 0 Å². The van der Waals surface area contributed by atoms with E-state index in [2.05, 4.69) is 51.3 Å². The van der Waals surface area contributed by atoms with E-state index < -0.39 is 6.16 Å². The molecule has 4 atom stereocenters. The first kappa shape index (κ1) is 31.1. The van der Waals surface area contributed by atoms with Crippen LogP contribution in [0.5, 0.6) is 0 Å². The lowest BCUT2D eigenvalue weighted by Gasteiger charge is -2.24. The van der Waals surface area contributed by atoms with Gasteiger partial charge in [0.2, 0.25) is 0 Å². The van der Waals surface area contributed by atoms with Crippen LogP contribution in [-0.2, 0) is 29.6 Å². The molecule has 0 saturated carbocycles. The molecule has 0 aliphatic carbocycles. The lowest BCUT2D eigenvalue weighted by Crippen LogP contribution is -2.26. The van der Waals surface area contributed by atoms with Crippen LogP contribution in [0.3, 0.4) is 0 Å². The number of carbonyl (C=O) groups excluding carboxylic acids is 1. The molecule has 0 spiro atoms. The molecule has 192 valence electrons. The van der Waals surface area contributed by atoms with Gasteiger partial charge < -0.3 is 0 Å². The van der Waals surface area contributed by atoms with Crippen molar-refractivity contribution in [2.45, 2.75) is 144 Å². The van der Waals surface area contributed by atoms with E-state index in [1.807, 2.05) is 0 Å². The molecule has 0 radical (unpaired) electrons. The zero-order chi connectivity index (χ0) is 24.0. The fraction of sp³-hybridized carbons (Fsp3) is 0.960. The first-order valence-corrected chi connectivity index (χ1v) is 13.1. The number of carbonyl (C=O) groups is 1. The average Bonchev–Trinajstić information content (AvgIpc) is 2.80. The van der Waals surface area contributed by atoms with E-state index in [-0.39, 0.29) is 12.2 Å². The molecule has 0 aromatic rings. The minimum atomic E-state index is -1.16. The van der Waals surface area contributed by atoms with E-state index in [9.17, 15) is 4.79 Å². The quantitative estimate of drug-likeness (QED) is 0.118. The van der Waals surface area contributed by atoms with Crippen LogP contribution in [0.2, 0.25) is 0 Å². The molecule has 0 amide bonds. The molecule has 0 bridgehead atoms. The van der Waals surface area contributed by atoms with Crippen LogP contribution < -0.4 is 0 Å². The van der Waals surface area contributed by atoms with E-state index in [0.717, 1.165) is 89.9 Å². The maximum Gasteiger partial charge on any atom is 0.577 e. The molecule has 7 heteroatoms. The van der Waals surface area contributed by atoms with Crippen LogP contribution >= 0.6 is 0 Å². The highest BCUT2D eigenvalue weighted by Crippen LogP contribution is 2.25. The Morgan fingerprint density at radius 3 is 1.22 bits per heavy atom. The molecule has 7 nitrogen and oxygen atoms in total. The Kier molecular flexibility index (Phi) is 21.3. The number of hydrogen-bond donors (Lipinski definition) is 0. The molecule has 32 heavy (non-hydrogen) atoms. The van der Waals surface area contributed by atoms with Crippen LogP contribution in [-0.4, -0.2) is 18.4 Å². The van der Waals surface area contributed by atoms with Gasteiger partial charge in [-0.2, -0.15) is 14.6 Å². The highest BCUT2D eigenvalue weighted by Gasteiger charge is 2.24. The van der Waals surface area contributed by atoms with Gasteiger partial charge in [-0.1, -0.05) is 106 Å². The topological polar surface area (TPSA) is 72.5 Å². The van der Waals surface area contributed by atoms with E-state index in [1.165, 1.54) is 0 Å². The van der Waals surface area contributed by atoms with E-state index in [4.69, 9.17) is 19.9 Å². The Labute approximate surface area is 196 Å². The van der Waals surface area contributed by atoms with Gasteiger partial charge in [0.25, 0.3) is 0 Å². The van der Waals surface area contributed by atoms with Gasteiger partial charge in [0, 0.05) is 0 Å². The third-order valence-electron chi connectivity index (χ3n) is 6.17. The van der Waals surface area contributed by atoms with Crippen LogP contribution in [0.1, 0.15) is 131 Å². The average molecular weight is 463 g/mol. The van der Waals surface area contributed by atoms with E-state index >= 15 is 0 Å². The summed E-state index contributed by atoms with van der Waals surface area (Å²) in [5, 5.41) is 9.50. The fourth-order valence-electron chi connectivity index (χ4n) is 3.98. The molecule has 0 saturated heterocycles. The van der Waals surface area contributed by atoms with Crippen LogP contribution in [0.25, 0.3) is 0 Å². The van der Waals surface area contributed by atoms with Gasteiger partial charge in [-0.3, -0.25) is 0 Å². The Hall–Kier alpha value is -0.890. The molecule has 0 aliphatic rings. The zero-order valence-corrected chi connectivity index (χ0v) is 21.6. The smallest absolute Gasteiger partial charge is 0.226 e. The minimum absolute atomic E-state index is 0.126. The van der Waals surface area contributed by atoms with Gasteiger partial charge in [0.1, 0.15) is 0 Å². The standard InChI is InChI=1S/C25H50O7/c1-7-13-17-21(11-5)23(19-15-9-3)27-31-29-25(26)30-32-28-24(20-16-10-4)22(12-6)18-14-8-2/h21-24H,7-20H2,1-6H3. The van der Waals surface area contributed by atoms with Crippen molar-refractivity contribution in [1.29, 1.82) is 0 Å². The monoisotopic (exact) mass is 462 g/mol. The molecule has 0 aromatic carbocycles. The molecule has 0 aromatic heterocycles. The molecule has 0 heterocycles. The second-order valence-electron chi connectivity index (χ2n) is 8.73. The third kappa shape index (κ3) is 15.0. The molecule has 0 aliphatic heterocycles. The predicted octanol–water partition coefficient (Wildman–Crippen LogP) is 8.42. The van der Waals surface area contributed by atoms with Crippen molar-refractivity contribution >= 4 is 6.16 Å². The van der Waals surface area contributed by atoms with Crippen molar-refractivity contribution in [1.82, 2.24) is 0 Å². The lowest BCUT2D eigenvalue weighted by atomic mass is 9.90. The summed E-state index contributed by atoms with van der Waals surface area (Å²) >= 11 is 0. The molecular weight excluding hydrogens is 412 g/mol. The molecule has 4 unspecified atom stereocenters. The van der Waals surface area contributed by atoms with E-state index in [1.54, 1.807) is 0 Å². The van der Waals surface area contributed by atoms with Crippen molar-refractivity contribution < 1.29 is 34.4 Å². The minimum Gasteiger partial charge on any atom is -0.226 e. The Morgan fingerprint density at radius 2 is 0.906 bits per heavy atom. The van der Waals surface area contributed by atoms with Gasteiger partial charge in [-0.05, 0) is 47.6 Å². The van der Waals surface area contributed by atoms with Crippen LogP contribution in [0, 0.1) is 11.8 Å². The van der Waals surface area contributed by atoms with Crippen molar-refractivity contribution in [2.24, 2.45) is 11.8 Å². The third-order valence-corrected chi connectivity index (χ3v) is 6.17. The number of unbranched alkanes of at least 4 members (excludes halogenated alkanes) is 4. The molecule has 0 fully saturated rings. The Balaban J connectivity index is 4.46. The predicted molar refractivity (Wildman–Crippen MR) is 125 cm³/mol. The number of rotatable bonds is 22. The summed E-state index contributed by atoms with van der Waals surface area (Å²) in [5.74, 6) is 0.711. The SMILES string of the molecule is CCCCC(CC)C(CCCC)OOOC(=O)OOOC(CCCC)C(CC)CCCC.